The number of fused-ring (bicyclic) bond motifs is 1. The van der Waals surface area contributed by atoms with Gasteiger partial charge in [-0.2, -0.15) is 0 Å². The number of aromatic nitrogens is 2. The maximum atomic E-state index is 12.8. The van der Waals surface area contributed by atoms with Gasteiger partial charge in [-0.15, -0.1) is 0 Å². The lowest BCUT2D eigenvalue weighted by molar-refractivity contribution is -0.126. The SMILES string of the molecule is CC[C@H](COC)NC(=O)[C@@H]1CCCN(c2nc(C)c3ccc(S(C)(=O)=O)cc3n2)C1. The molecule has 1 aromatic heterocycles. The molecule has 1 aromatic carbocycles. The second-order valence-corrected chi connectivity index (χ2v) is 9.93. The number of methoxy groups -OCH3 is 1. The summed E-state index contributed by atoms with van der Waals surface area (Å²) < 4.78 is 29.0. The Bertz CT molecular complexity index is 1030. The number of sulfone groups is 1. The lowest BCUT2D eigenvalue weighted by Gasteiger charge is -2.33. The van der Waals surface area contributed by atoms with Crippen molar-refractivity contribution in [1.82, 2.24) is 15.3 Å². The van der Waals surface area contributed by atoms with Gasteiger partial charge in [-0.05, 0) is 44.4 Å². The van der Waals surface area contributed by atoms with Gasteiger partial charge in [0.2, 0.25) is 11.9 Å². The van der Waals surface area contributed by atoms with Crippen molar-refractivity contribution >= 4 is 32.6 Å². The summed E-state index contributed by atoms with van der Waals surface area (Å²) in [6.07, 6.45) is 3.68. The van der Waals surface area contributed by atoms with E-state index < -0.39 is 9.84 Å². The first-order valence-electron chi connectivity index (χ1n) is 10.3. The Morgan fingerprint density at radius 1 is 1.37 bits per heavy atom. The second kappa shape index (κ2) is 9.26. The normalized spacial score (nSPS) is 18.4. The summed E-state index contributed by atoms with van der Waals surface area (Å²) in [5.74, 6) is 0.416. The Morgan fingerprint density at radius 3 is 2.80 bits per heavy atom. The molecule has 3 rings (SSSR count). The van der Waals surface area contributed by atoms with Gasteiger partial charge in [0.25, 0.3) is 0 Å². The number of hydrogen-bond donors (Lipinski definition) is 1. The molecule has 1 aliphatic rings. The number of hydrogen-bond acceptors (Lipinski definition) is 7. The zero-order chi connectivity index (χ0) is 21.9. The number of nitrogens with zero attached hydrogens (tertiary/aromatic N) is 3. The standard InChI is InChI=1S/C21H30N4O4S/c1-5-16(13-29-3)23-20(26)15-7-6-10-25(12-15)21-22-14(2)18-9-8-17(30(4,27)28)11-19(18)24-21/h8-9,11,15-16H,5-7,10,12-13H2,1-4H3,(H,23,26)/t15-,16-/m1/s1. The molecule has 2 aromatic rings. The molecule has 164 valence electrons. The first-order valence-corrected chi connectivity index (χ1v) is 12.1. The molecular formula is C21H30N4O4S. The lowest BCUT2D eigenvalue weighted by atomic mass is 9.97. The van der Waals surface area contributed by atoms with Gasteiger partial charge in [-0.3, -0.25) is 4.79 Å². The van der Waals surface area contributed by atoms with Gasteiger partial charge in [0.15, 0.2) is 9.84 Å². The highest BCUT2D eigenvalue weighted by molar-refractivity contribution is 7.90. The number of carbonyl (C=O) groups is 1. The Labute approximate surface area is 178 Å². The fraction of sp³-hybridized carbons (Fsp3) is 0.571. The summed E-state index contributed by atoms with van der Waals surface area (Å²) >= 11 is 0. The smallest absolute Gasteiger partial charge is 0.226 e. The van der Waals surface area contributed by atoms with Crippen molar-refractivity contribution in [3.63, 3.8) is 0 Å². The van der Waals surface area contributed by atoms with Crippen LogP contribution in [0, 0.1) is 12.8 Å². The Hall–Kier alpha value is -2.26. The van der Waals surface area contributed by atoms with Crippen LogP contribution in [-0.4, -0.2) is 63.4 Å². The van der Waals surface area contributed by atoms with Crippen LogP contribution in [-0.2, 0) is 19.4 Å². The van der Waals surface area contributed by atoms with Gasteiger partial charge in [0.05, 0.1) is 34.7 Å². The highest BCUT2D eigenvalue weighted by Crippen LogP contribution is 2.25. The Morgan fingerprint density at radius 2 is 2.13 bits per heavy atom. The molecule has 0 saturated carbocycles. The second-order valence-electron chi connectivity index (χ2n) is 7.91. The minimum absolute atomic E-state index is 0.00598. The maximum absolute atomic E-state index is 12.8. The minimum Gasteiger partial charge on any atom is -0.383 e. The number of rotatable bonds is 7. The van der Waals surface area contributed by atoms with E-state index in [1.165, 1.54) is 6.26 Å². The number of carbonyl (C=O) groups excluding carboxylic acids is 1. The van der Waals surface area contributed by atoms with Crippen molar-refractivity contribution in [3.8, 4) is 0 Å². The Balaban J connectivity index is 1.83. The van der Waals surface area contributed by atoms with Crippen molar-refractivity contribution in [1.29, 1.82) is 0 Å². The predicted octanol–water partition coefficient (Wildman–Crippen LogP) is 2.10. The summed E-state index contributed by atoms with van der Waals surface area (Å²) in [5.41, 5.74) is 1.38. The zero-order valence-corrected chi connectivity index (χ0v) is 18.8. The lowest BCUT2D eigenvalue weighted by Crippen LogP contribution is -2.47. The predicted molar refractivity (Wildman–Crippen MR) is 116 cm³/mol. The number of benzene rings is 1. The molecule has 1 saturated heterocycles. The maximum Gasteiger partial charge on any atom is 0.226 e. The number of piperidine rings is 1. The van der Waals surface area contributed by atoms with Crippen LogP contribution in [0.15, 0.2) is 23.1 Å². The largest absolute Gasteiger partial charge is 0.383 e. The van der Waals surface area contributed by atoms with E-state index in [-0.39, 0.29) is 22.8 Å². The number of amides is 1. The van der Waals surface area contributed by atoms with Crippen LogP contribution in [0.3, 0.4) is 0 Å². The van der Waals surface area contributed by atoms with E-state index >= 15 is 0 Å². The Kier molecular flexibility index (Phi) is 6.92. The number of nitrogens with one attached hydrogen (secondary N) is 1. The summed E-state index contributed by atoms with van der Waals surface area (Å²) in [5, 5.41) is 3.90. The van der Waals surface area contributed by atoms with Crippen LogP contribution < -0.4 is 10.2 Å². The van der Waals surface area contributed by atoms with E-state index in [1.54, 1.807) is 25.3 Å². The molecule has 9 heteroatoms. The highest BCUT2D eigenvalue weighted by Gasteiger charge is 2.28. The van der Waals surface area contributed by atoms with Crippen molar-refractivity contribution in [2.24, 2.45) is 5.92 Å². The highest BCUT2D eigenvalue weighted by atomic mass is 32.2. The molecule has 0 radical (unpaired) electrons. The molecule has 0 bridgehead atoms. The van der Waals surface area contributed by atoms with E-state index in [1.807, 2.05) is 18.7 Å². The van der Waals surface area contributed by atoms with Crippen LogP contribution >= 0.6 is 0 Å². The third-order valence-electron chi connectivity index (χ3n) is 5.56. The van der Waals surface area contributed by atoms with Gasteiger partial charge in [0, 0.05) is 31.8 Å². The van der Waals surface area contributed by atoms with Crippen LogP contribution in [0.2, 0.25) is 0 Å². The molecule has 2 heterocycles. The molecular weight excluding hydrogens is 404 g/mol. The molecule has 1 fully saturated rings. The average molecular weight is 435 g/mol. The molecule has 1 amide bonds. The number of ether oxygens (including phenoxy) is 1. The molecule has 0 aliphatic carbocycles. The van der Waals surface area contributed by atoms with Crippen molar-refractivity contribution in [2.45, 2.75) is 44.0 Å². The first-order chi connectivity index (χ1) is 14.2. The summed E-state index contributed by atoms with van der Waals surface area (Å²) in [7, 11) is -1.69. The van der Waals surface area contributed by atoms with Gasteiger partial charge in [-0.25, -0.2) is 18.4 Å². The molecule has 1 aliphatic heterocycles. The van der Waals surface area contributed by atoms with E-state index in [9.17, 15) is 13.2 Å². The first kappa shape index (κ1) is 22.4. The number of aryl methyl sites for hydroxylation is 1. The van der Waals surface area contributed by atoms with E-state index in [0.717, 1.165) is 36.9 Å². The van der Waals surface area contributed by atoms with E-state index in [4.69, 9.17) is 4.74 Å². The van der Waals surface area contributed by atoms with E-state index in [2.05, 4.69) is 15.3 Å². The van der Waals surface area contributed by atoms with Gasteiger partial charge in [-0.1, -0.05) is 6.92 Å². The third-order valence-corrected chi connectivity index (χ3v) is 6.67. The summed E-state index contributed by atoms with van der Waals surface area (Å²) in [6.45, 7) is 5.70. The van der Waals surface area contributed by atoms with Crippen molar-refractivity contribution < 1.29 is 17.9 Å². The quantitative estimate of drug-likeness (QED) is 0.712. The minimum atomic E-state index is -3.32. The van der Waals surface area contributed by atoms with Gasteiger partial charge < -0.3 is 15.0 Å². The van der Waals surface area contributed by atoms with Crippen molar-refractivity contribution in [2.75, 3.05) is 38.0 Å². The van der Waals surface area contributed by atoms with Crippen LogP contribution in [0.4, 0.5) is 5.95 Å². The van der Waals surface area contributed by atoms with Crippen LogP contribution in [0.5, 0.6) is 0 Å². The molecule has 30 heavy (non-hydrogen) atoms. The zero-order valence-electron chi connectivity index (χ0n) is 18.0. The summed E-state index contributed by atoms with van der Waals surface area (Å²) in [6, 6.07) is 4.93. The average Bonchev–Trinajstić information content (AvgIpc) is 2.72. The molecule has 8 nitrogen and oxygen atoms in total. The fourth-order valence-corrected chi connectivity index (χ4v) is 4.42. The van der Waals surface area contributed by atoms with Gasteiger partial charge in [0.1, 0.15) is 0 Å². The van der Waals surface area contributed by atoms with E-state index in [0.29, 0.717) is 24.6 Å². The van der Waals surface area contributed by atoms with Crippen LogP contribution in [0.1, 0.15) is 31.9 Å². The molecule has 0 unspecified atom stereocenters. The monoisotopic (exact) mass is 434 g/mol. The van der Waals surface area contributed by atoms with Gasteiger partial charge >= 0.3 is 0 Å². The van der Waals surface area contributed by atoms with Crippen molar-refractivity contribution in [3.05, 3.63) is 23.9 Å². The third kappa shape index (κ3) is 5.07. The molecule has 1 N–H and O–H groups in total. The summed E-state index contributed by atoms with van der Waals surface area (Å²) in [4.78, 5) is 24.3. The molecule has 0 spiro atoms. The molecule has 2 atom stereocenters. The van der Waals surface area contributed by atoms with Crippen LogP contribution in [0.25, 0.3) is 10.9 Å². The fourth-order valence-electron chi connectivity index (χ4n) is 3.78. The topological polar surface area (TPSA) is 101 Å². The number of anilines is 1.